The van der Waals surface area contributed by atoms with Gasteiger partial charge in [0.1, 0.15) is 0 Å². The van der Waals surface area contributed by atoms with Gasteiger partial charge in [-0.3, -0.25) is 4.98 Å². The molecule has 0 saturated carbocycles. The molecule has 1 aromatic rings. The van der Waals surface area contributed by atoms with Crippen molar-refractivity contribution in [3.63, 3.8) is 0 Å². The first-order valence-corrected chi connectivity index (χ1v) is 4.56. The van der Waals surface area contributed by atoms with Gasteiger partial charge in [-0.1, -0.05) is 0 Å². The molecule has 0 aliphatic rings. The summed E-state index contributed by atoms with van der Waals surface area (Å²) in [4.78, 5) is 3.94. The van der Waals surface area contributed by atoms with Gasteiger partial charge in [0.15, 0.2) is 0 Å². The molecule has 0 aliphatic heterocycles. The predicted octanol–water partition coefficient (Wildman–Crippen LogP) is 0.942. The number of nitrogens with one attached hydrogen (secondary N) is 1. The normalized spacial score (nSPS) is 12.8. The van der Waals surface area contributed by atoms with Crippen molar-refractivity contribution in [2.75, 3.05) is 6.61 Å². The summed E-state index contributed by atoms with van der Waals surface area (Å²) in [6.45, 7) is 3.14. The van der Waals surface area contributed by atoms with E-state index < -0.39 is 0 Å². The number of hydrogen-bond donors (Lipinski definition) is 2. The summed E-state index contributed by atoms with van der Waals surface area (Å²) in [5, 5.41) is 12.0. The van der Waals surface area contributed by atoms with Crippen molar-refractivity contribution in [1.29, 1.82) is 0 Å². The smallest absolute Gasteiger partial charge is 0.0445 e. The second-order valence-corrected chi connectivity index (χ2v) is 3.15. The van der Waals surface area contributed by atoms with Gasteiger partial charge in [0, 0.05) is 31.6 Å². The lowest BCUT2D eigenvalue weighted by molar-refractivity contribution is 0.268. The van der Waals surface area contributed by atoms with E-state index in [4.69, 9.17) is 5.11 Å². The lowest BCUT2D eigenvalue weighted by Gasteiger charge is -2.11. The van der Waals surface area contributed by atoms with Gasteiger partial charge in [-0.15, -0.1) is 0 Å². The monoisotopic (exact) mass is 180 g/mol. The molecule has 0 fully saturated rings. The van der Waals surface area contributed by atoms with E-state index >= 15 is 0 Å². The number of aromatic nitrogens is 1. The Bertz CT molecular complexity index is 226. The van der Waals surface area contributed by atoms with E-state index in [1.165, 1.54) is 5.56 Å². The van der Waals surface area contributed by atoms with Crippen molar-refractivity contribution >= 4 is 0 Å². The van der Waals surface area contributed by atoms with E-state index in [2.05, 4.69) is 17.2 Å². The molecular weight excluding hydrogens is 164 g/mol. The summed E-state index contributed by atoms with van der Waals surface area (Å²) in [5.74, 6) is 0. The Morgan fingerprint density at radius 2 is 2.15 bits per heavy atom. The molecule has 0 aliphatic carbocycles. The Labute approximate surface area is 78.8 Å². The van der Waals surface area contributed by atoms with Gasteiger partial charge in [0.05, 0.1) is 0 Å². The van der Waals surface area contributed by atoms with Gasteiger partial charge in [0.25, 0.3) is 0 Å². The Kier molecular flexibility index (Phi) is 4.43. The molecule has 0 amide bonds. The third kappa shape index (κ3) is 4.01. The maximum absolute atomic E-state index is 8.68. The van der Waals surface area contributed by atoms with E-state index in [1.54, 1.807) is 12.4 Å². The number of aliphatic hydroxyl groups excluding tert-OH is 1. The molecule has 1 rings (SSSR count). The zero-order chi connectivity index (χ0) is 9.52. The minimum absolute atomic E-state index is 0.241. The summed E-state index contributed by atoms with van der Waals surface area (Å²) in [6, 6.07) is 4.33. The van der Waals surface area contributed by atoms with Crippen molar-refractivity contribution < 1.29 is 5.11 Å². The summed E-state index contributed by atoms with van der Waals surface area (Å²) in [7, 11) is 0. The summed E-state index contributed by atoms with van der Waals surface area (Å²) >= 11 is 0. The molecule has 0 spiro atoms. The highest BCUT2D eigenvalue weighted by Gasteiger charge is 1.99. The molecule has 0 aromatic carbocycles. The number of aliphatic hydroxyl groups is 1. The van der Waals surface area contributed by atoms with Crippen molar-refractivity contribution in [2.45, 2.75) is 25.9 Å². The molecule has 1 aromatic heterocycles. The van der Waals surface area contributed by atoms with Crippen LogP contribution in [-0.2, 0) is 6.54 Å². The SMILES string of the molecule is C[C@H](CCO)NCc1ccncc1. The average molecular weight is 180 g/mol. The van der Waals surface area contributed by atoms with Crippen molar-refractivity contribution in [3.05, 3.63) is 30.1 Å². The zero-order valence-electron chi connectivity index (χ0n) is 7.90. The van der Waals surface area contributed by atoms with Crippen LogP contribution in [0.5, 0.6) is 0 Å². The highest BCUT2D eigenvalue weighted by molar-refractivity contribution is 5.09. The van der Waals surface area contributed by atoms with Crippen LogP contribution in [0.1, 0.15) is 18.9 Å². The molecule has 13 heavy (non-hydrogen) atoms. The van der Waals surface area contributed by atoms with Gasteiger partial charge < -0.3 is 10.4 Å². The molecule has 1 heterocycles. The highest BCUT2D eigenvalue weighted by Crippen LogP contribution is 1.97. The molecule has 3 heteroatoms. The van der Waals surface area contributed by atoms with Crippen LogP contribution in [0, 0.1) is 0 Å². The number of rotatable bonds is 5. The lowest BCUT2D eigenvalue weighted by atomic mass is 10.2. The number of hydrogen-bond acceptors (Lipinski definition) is 3. The number of pyridine rings is 1. The van der Waals surface area contributed by atoms with E-state index in [-0.39, 0.29) is 6.61 Å². The third-order valence-electron chi connectivity index (χ3n) is 1.97. The molecule has 72 valence electrons. The fourth-order valence-electron chi connectivity index (χ4n) is 1.09. The molecule has 0 radical (unpaired) electrons. The second-order valence-electron chi connectivity index (χ2n) is 3.15. The second kappa shape index (κ2) is 5.67. The summed E-state index contributed by atoms with van der Waals surface area (Å²) in [6.07, 6.45) is 4.37. The van der Waals surface area contributed by atoms with Crippen LogP contribution in [0.25, 0.3) is 0 Å². The van der Waals surface area contributed by atoms with Crippen LogP contribution in [0.2, 0.25) is 0 Å². The van der Waals surface area contributed by atoms with Gasteiger partial charge in [-0.2, -0.15) is 0 Å². The largest absolute Gasteiger partial charge is 0.396 e. The first kappa shape index (κ1) is 10.2. The minimum atomic E-state index is 0.241. The molecule has 0 saturated heterocycles. The quantitative estimate of drug-likeness (QED) is 0.709. The third-order valence-corrected chi connectivity index (χ3v) is 1.97. The Hall–Kier alpha value is -0.930. The Balaban J connectivity index is 2.27. The fraction of sp³-hybridized carbons (Fsp3) is 0.500. The van der Waals surface area contributed by atoms with Crippen LogP contribution in [0.15, 0.2) is 24.5 Å². The summed E-state index contributed by atoms with van der Waals surface area (Å²) < 4.78 is 0. The lowest BCUT2D eigenvalue weighted by Crippen LogP contribution is -2.26. The van der Waals surface area contributed by atoms with Crippen LogP contribution >= 0.6 is 0 Å². The van der Waals surface area contributed by atoms with Crippen LogP contribution in [0.3, 0.4) is 0 Å². The predicted molar refractivity (Wildman–Crippen MR) is 52.2 cm³/mol. The van der Waals surface area contributed by atoms with E-state index in [0.717, 1.165) is 13.0 Å². The number of nitrogens with zero attached hydrogens (tertiary/aromatic N) is 1. The molecular formula is C10H16N2O. The van der Waals surface area contributed by atoms with Crippen LogP contribution < -0.4 is 5.32 Å². The van der Waals surface area contributed by atoms with Gasteiger partial charge >= 0.3 is 0 Å². The Morgan fingerprint density at radius 3 is 2.77 bits per heavy atom. The molecule has 0 bridgehead atoms. The van der Waals surface area contributed by atoms with Gasteiger partial charge in [-0.05, 0) is 31.0 Å². The molecule has 0 unspecified atom stereocenters. The van der Waals surface area contributed by atoms with Gasteiger partial charge in [-0.25, -0.2) is 0 Å². The first-order valence-electron chi connectivity index (χ1n) is 4.56. The van der Waals surface area contributed by atoms with E-state index in [1.807, 2.05) is 12.1 Å². The van der Waals surface area contributed by atoms with Crippen molar-refractivity contribution in [2.24, 2.45) is 0 Å². The summed E-state index contributed by atoms with van der Waals surface area (Å²) in [5.41, 5.74) is 1.22. The zero-order valence-corrected chi connectivity index (χ0v) is 7.90. The molecule has 3 nitrogen and oxygen atoms in total. The van der Waals surface area contributed by atoms with Crippen molar-refractivity contribution in [1.82, 2.24) is 10.3 Å². The first-order chi connectivity index (χ1) is 6.33. The Morgan fingerprint density at radius 1 is 1.46 bits per heavy atom. The maximum atomic E-state index is 8.68. The van der Waals surface area contributed by atoms with Crippen LogP contribution in [0.4, 0.5) is 0 Å². The van der Waals surface area contributed by atoms with E-state index in [9.17, 15) is 0 Å². The molecule has 1 atom stereocenters. The van der Waals surface area contributed by atoms with E-state index in [0.29, 0.717) is 6.04 Å². The van der Waals surface area contributed by atoms with Crippen LogP contribution in [-0.4, -0.2) is 22.7 Å². The fourth-order valence-corrected chi connectivity index (χ4v) is 1.09. The standard InChI is InChI=1S/C10H16N2O/c1-9(4-7-13)12-8-10-2-5-11-6-3-10/h2-3,5-6,9,12-13H,4,7-8H2,1H3/t9-/m1/s1. The average Bonchev–Trinajstić information content (AvgIpc) is 2.17. The highest BCUT2D eigenvalue weighted by atomic mass is 16.3. The van der Waals surface area contributed by atoms with Gasteiger partial charge in [0.2, 0.25) is 0 Å². The van der Waals surface area contributed by atoms with Crippen molar-refractivity contribution in [3.8, 4) is 0 Å². The minimum Gasteiger partial charge on any atom is -0.396 e. The topological polar surface area (TPSA) is 45.1 Å². The maximum Gasteiger partial charge on any atom is 0.0445 e. The molecule has 2 N–H and O–H groups in total.